The zero-order chi connectivity index (χ0) is 12.6. The Morgan fingerprint density at radius 3 is 2.47 bits per heavy atom. The second-order valence-electron chi connectivity index (χ2n) is 3.77. The van der Waals surface area contributed by atoms with Gasteiger partial charge in [-0.15, -0.1) is 0 Å². The van der Waals surface area contributed by atoms with Gasteiger partial charge in [-0.25, -0.2) is 0 Å². The Morgan fingerprint density at radius 2 is 1.94 bits per heavy atom. The van der Waals surface area contributed by atoms with Crippen LogP contribution in [-0.4, -0.2) is 16.1 Å². The number of aromatic nitrogens is 2. The van der Waals surface area contributed by atoms with Gasteiger partial charge in [0.25, 0.3) is 0 Å². The van der Waals surface area contributed by atoms with Crippen molar-refractivity contribution in [2.24, 2.45) is 7.05 Å². The summed E-state index contributed by atoms with van der Waals surface area (Å²) in [6.07, 6.45) is 0.714. The van der Waals surface area contributed by atoms with E-state index in [9.17, 15) is 4.79 Å². The molecule has 0 radical (unpaired) electrons. The van der Waals surface area contributed by atoms with Gasteiger partial charge in [0, 0.05) is 18.2 Å². The van der Waals surface area contributed by atoms with Crippen molar-refractivity contribution < 1.29 is 4.79 Å². The first-order valence-corrected chi connectivity index (χ1v) is 5.73. The van der Waals surface area contributed by atoms with E-state index < -0.39 is 0 Å². The van der Waals surface area contributed by atoms with Crippen LogP contribution in [0.2, 0.25) is 10.0 Å². The first kappa shape index (κ1) is 12.1. The molecule has 88 valence electrons. The fraction of sp³-hybridized carbons (Fsp3) is 0.167. The number of hydrogen-bond acceptors (Lipinski definition) is 2. The van der Waals surface area contributed by atoms with Crippen LogP contribution in [0.1, 0.15) is 16.1 Å². The van der Waals surface area contributed by atoms with Gasteiger partial charge in [0.05, 0.1) is 21.4 Å². The molecule has 0 saturated heterocycles. The van der Waals surface area contributed by atoms with Crippen LogP contribution in [0.3, 0.4) is 0 Å². The summed E-state index contributed by atoms with van der Waals surface area (Å²) in [5.41, 5.74) is 2.92. The summed E-state index contributed by atoms with van der Waals surface area (Å²) in [6, 6.07) is 5.16. The zero-order valence-corrected chi connectivity index (χ0v) is 10.9. The van der Waals surface area contributed by atoms with Crippen molar-refractivity contribution in [1.29, 1.82) is 0 Å². The maximum Gasteiger partial charge on any atom is 0.151 e. The highest BCUT2D eigenvalue weighted by Crippen LogP contribution is 2.32. The topological polar surface area (TPSA) is 34.9 Å². The summed E-state index contributed by atoms with van der Waals surface area (Å²) in [5.74, 6) is 0. The second kappa shape index (κ2) is 4.51. The molecule has 0 bridgehead atoms. The van der Waals surface area contributed by atoms with Gasteiger partial charge < -0.3 is 0 Å². The SMILES string of the molecule is Cc1cc(-c2cc(C=O)c(Cl)cc2Cl)n(C)n1. The first-order valence-electron chi connectivity index (χ1n) is 4.98. The van der Waals surface area contributed by atoms with Crippen LogP contribution in [0.4, 0.5) is 0 Å². The van der Waals surface area contributed by atoms with Gasteiger partial charge in [-0.05, 0) is 25.1 Å². The van der Waals surface area contributed by atoms with E-state index in [1.807, 2.05) is 20.0 Å². The lowest BCUT2D eigenvalue weighted by Gasteiger charge is -2.07. The lowest BCUT2D eigenvalue weighted by atomic mass is 10.1. The van der Waals surface area contributed by atoms with E-state index in [0.717, 1.165) is 17.0 Å². The Kier molecular flexibility index (Phi) is 3.22. The van der Waals surface area contributed by atoms with Gasteiger partial charge >= 0.3 is 0 Å². The van der Waals surface area contributed by atoms with Crippen molar-refractivity contribution in [3.8, 4) is 11.3 Å². The van der Waals surface area contributed by atoms with E-state index in [4.69, 9.17) is 23.2 Å². The number of nitrogens with zero attached hydrogens (tertiary/aromatic N) is 2. The molecule has 1 aromatic heterocycles. The molecule has 1 heterocycles. The molecule has 0 aliphatic carbocycles. The highest BCUT2D eigenvalue weighted by Gasteiger charge is 2.12. The van der Waals surface area contributed by atoms with Crippen LogP contribution in [0, 0.1) is 6.92 Å². The maximum absolute atomic E-state index is 10.9. The molecule has 0 fully saturated rings. The molecule has 0 spiro atoms. The molecule has 2 rings (SSSR count). The Labute approximate surface area is 109 Å². The first-order chi connectivity index (χ1) is 8.02. The Hall–Kier alpha value is -1.32. The number of benzene rings is 1. The third-order valence-electron chi connectivity index (χ3n) is 2.49. The predicted octanol–water partition coefficient (Wildman–Crippen LogP) is 3.51. The number of carbonyl (C=O) groups is 1. The van der Waals surface area contributed by atoms with Crippen LogP contribution in [-0.2, 0) is 7.05 Å². The third-order valence-corrected chi connectivity index (χ3v) is 3.13. The molecule has 0 saturated carbocycles. The second-order valence-corrected chi connectivity index (χ2v) is 4.58. The van der Waals surface area contributed by atoms with Crippen LogP contribution < -0.4 is 0 Å². The van der Waals surface area contributed by atoms with Gasteiger partial charge in [-0.1, -0.05) is 23.2 Å². The Morgan fingerprint density at radius 1 is 1.24 bits per heavy atom. The van der Waals surface area contributed by atoms with Gasteiger partial charge in [0.15, 0.2) is 6.29 Å². The molecule has 5 heteroatoms. The molecule has 0 unspecified atom stereocenters. The zero-order valence-electron chi connectivity index (χ0n) is 9.37. The quantitative estimate of drug-likeness (QED) is 0.782. The molecule has 0 aliphatic heterocycles. The van der Waals surface area contributed by atoms with Crippen LogP contribution in [0.5, 0.6) is 0 Å². The minimum Gasteiger partial charge on any atom is -0.298 e. The predicted molar refractivity (Wildman–Crippen MR) is 68.8 cm³/mol. The van der Waals surface area contributed by atoms with Crippen molar-refractivity contribution in [3.63, 3.8) is 0 Å². The summed E-state index contributed by atoms with van der Waals surface area (Å²) >= 11 is 12.0. The Balaban J connectivity index is 2.67. The minimum atomic E-state index is 0.354. The number of aryl methyl sites for hydroxylation is 2. The summed E-state index contributed by atoms with van der Waals surface area (Å²) < 4.78 is 1.72. The molecule has 0 N–H and O–H groups in total. The third kappa shape index (κ3) is 2.21. The van der Waals surface area contributed by atoms with Crippen LogP contribution in [0.25, 0.3) is 11.3 Å². The number of aldehydes is 1. The molecule has 1 aromatic carbocycles. The lowest BCUT2D eigenvalue weighted by molar-refractivity contribution is 0.112. The number of carbonyl (C=O) groups excluding carboxylic acids is 1. The highest BCUT2D eigenvalue weighted by molar-refractivity contribution is 6.37. The van der Waals surface area contributed by atoms with E-state index in [2.05, 4.69) is 5.10 Å². The van der Waals surface area contributed by atoms with Crippen molar-refractivity contribution >= 4 is 29.5 Å². The van der Waals surface area contributed by atoms with Crippen molar-refractivity contribution in [1.82, 2.24) is 9.78 Å². The molecule has 3 nitrogen and oxygen atoms in total. The summed E-state index contributed by atoms with van der Waals surface area (Å²) in [5, 5.41) is 5.10. The lowest BCUT2D eigenvalue weighted by Crippen LogP contribution is -1.95. The normalized spacial score (nSPS) is 10.6. The molecule has 0 aliphatic rings. The van der Waals surface area contributed by atoms with E-state index >= 15 is 0 Å². The van der Waals surface area contributed by atoms with Crippen molar-refractivity contribution in [3.05, 3.63) is 39.5 Å². The number of hydrogen-bond donors (Lipinski definition) is 0. The Bertz CT molecular complexity index is 590. The van der Waals surface area contributed by atoms with Crippen molar-refractivity contribution in [2.75, 3.05) is 0 Å². The molecule has 2 aromatic rings. The average molecular weight is 269 g/mol. The summed E-state index contributed by atoms with van der Waals surface area (Å²) in [4.78, 5) is 10.9. The fourth-order valence-electron chi connectivity index (χ4n) is 1.72. The summed E-state index contributed by atoms with van der Waals surface area (Å²) in [6.45, 7) is 1.90. The molecular weight excluding hydrogens is 259 g/mol. The maximum atomic E-state index is 10.9. The molecule has 0 atom stereocenters. The van der Waals surface area contributed by atoms with E-state index in [1.54, 1.807) is 16.8 Å². The number of rotatable bonds is 2. The summed E-state index contributed by atoms with van der Waals surface area (Å²) in [7, 11) is 1.83. The van der Waals surface area contributed by atoms with E-state index in [1.165, 1.54) is 0 Å². The van der Waals surface area contributed by atoms with Gasteiger partial charge in [0.2, 0.25) is 0 Å². The monoisotopic (exact) mass is 268 g/mol. The minimum absolute atomic E-state index is 0.354. The van der Waals surface area contributed by atoms with Crippen LogP contribution in [0.15, 0.2) is 18.2 Å². The van der Waals surface area contributed by atoms with Gasteiger partial charge in [-0.2, -0.15) is 5.10 Å². The van der Waals surface area contributed by atoms with Crippen molar-refractivity contribution in [2.45, 2.75) is 6.92 Å². The standard InChI is InChI=1S/C12H10Cl2N2O/c1-7-3-12(16(2)15-7)9-4-8(6-17)10(13)5-11(9)14/h3-6H,1-2H3. The molecular formula is C12H10Cl2N2O. The molecule has 17 heavy (non-hydrogen) atoms. The van der Waals surface area contributed by atoms with E-state index in [-0.39, 0.29) is 0 Å². The van der Waals surface area contributed by atoms with E-state index in [0.29, 0.717) is 21.9 Å². The largest absolute Gasteiger partial charge is 0.298 e. The van der Waals surface area contributed by atoms with Gasteiger partial charge in [0.1, 0.15) is 0 Å². The smallest absolute Gasteiger partial charge is 0.151 e. The fourth-order valence-corrected chi connectivity index (χ4v) is 2.24. The highest BCUT2D eigenvalue weighted by atomic mass is 35.5. The van der Waals surface area contributed by atoms with Crippen LogP contribution >= 0.6 is 23.2 Å². The average Bonchev–Trinajstić information content (AvgIpc) is 2.58. The number of halogens is 2. The molecule has 0 amide bonds. The van der Waals surface area contributed by atoms with Gasteiger partial charge in [-0.3, -0.25) is 9.48 Å².